The summed E-state index contributed by atoms with van der Waals surface area (Å²) < 4.78 is 6.80. The molecule has 2 aromatic heterocycles. The van der Waals surface area contributed by atoms with E-state index in [1.54, 1.807) is 31.4 Å². The van der Waals surface area contributed by atoms with Crippen molar-refractivity contribution < 1.29 is 9.53 Å². The Bertz CT molecular complexity index is 1620. The molecule has 0 aliphatic carbocycles. The van der Waals surface area contributed by atoms with Gasteiger partial charge in [0.05, 0.1) is 18.6 Å². The Labute approximate surface area is 206 Å². The van der Waals surface area contributed by atoms with Crippen LogP contribution in [0.25, 0.3) is 27.6 Å². The molecular weight excluding hydrogens is 460 g/mol. The number of ether oxygens (including phenoxy) is 1. The van der Waals surface area contributed by atoms with Crippen molar-refractivity contribution in [3.8, 4) is 11.4 Å². The van der Waals surface area contributed by atoms with Crippen LogP contribution >= 0.6 is 11.8 Å². The van der Waals surface area contributed by atoms with E-state index in [1.165, 1.54) is 16.3 Å². The third-order valence-electron chi connectivity index (χ3n) is 5.82. The third kappa shape index (κ3) is 4.40. The fourth-order valence-electron chi connectivity index (χ4n) is 3.99. The molecular formula is C27H24N4O3S. The predicted octanol–water partition coefficient (Wildman–Crippen LogP) is 5.22. The summed E-state index contributed by atoms with van der Waals surface area (Å²) in [5.41, 5.74) is 5.10. The van der Waals surface area contributed by atoms with Crippen LogP contribution in [-0.4, -0.2) is 33.3 Å². The van der Waals surface area contributed by atoms with Crippen LogP contribution in [0.5, 0.6) is 5.75 Å². The molecule has 176 valence electrons. The van der Waals surface area contributed by atoms with Gasteiger partial charge in [-0.1, -0.05) is 42.1 Å². The van der Waals surface area contributed by atoms with E-state index in [0.29, 0.717) is 27.6 Å². The fraction of sp³-hybridized carbons (Fsp3) is 0.148. The summed E-state index contributed by atoms with van der Waals surface area (Å²) in [5.74, 6) is 0.617. The van der Waals surface area contributed by atoms with E-state index in [1.807, 2.05) is 56.3 Å². The van der Waals surface area contributed by atoms with Gasteiger partial charge >= 0.3 is 0 Å². The molecule has 2 N–H and O–H groups in total. The molecule has 8 heteroatoms. The van der Waals surface area contributed by atoms with E-state index in [4.69, 9.17) is 9.72 Å². The number of rotatable bonds is 6. The first-order valence-corrected chi connectivity index (χ1v) is 12.1. The van der Waals surface area contributed by atoms with E-state index in [2.05, 4.69) is 10.3 Å². The van der Waals surface area contributed by atoms with Crippen molar-refractivity contribution in [2.24, 2.45) is 0 Å². The van der Waals surface area contributed by atoms with Gasteiger partial charge in [-0.2, -0.15) is 0 Å². The van der Waals surface area contributed by atoms with Gasteiger partial charge in [-0.15, -0.1) is 0 Å². The normalized spacial score (nSPS) is 11.2. The second-order valence-electron chi connectivity index (χ2n) is 8.28. The number of hydrogen-bond acceptors (Lipinski definition) is 5. The van der Waals surface area contributed by atoms with E-state index >= 15 is 0 Å². The highest BCUT2D eigenvalue weighted by molar-refractivity contribution is 7.99. The SMILES string of the molecule is COc1ccc(-n2c(SCC(=O)Nc3cc(C)ccc3C)nc3c([nH]c4ccccc43)c2=O)cc1. The third-order valence-corrected chi connectivity index (χ3v) is 6.76. The Morgan fingerprint density at radius 1 is 1.09 bits per heavy atom. The molecule has 0 aliphatic rings. The predicted molar refractivity (Wildman–Crippen MR) is 141 cm³/mol. The minimum absolute atomic E-state index is 0.101. The van der Waals surface area contributed by atoms with Crippen molar-refractivity contribution in [2.75, 3.05) is 18.2 Å². The van der Waals surface area contributed by atoms with Crippen molar-refractivity contribution >= 4 is 45.3 Å². The number of nitrogens with one attached hydrogen (secondary N) is 2. The standard InChI is InChI=1S/C27H24N4O3S/c1-16-8-9-17(2)22(14-16)28-23(32)15-35-27-30-24-20-6-4-5-7-21(20)29-25(24)26(33)31(27)18-10-12-19(34-3)13-11-18/h4-14,29H,15H2,1-3H3,(H,28,32). The fourth-order valence-corrected chi connectivity index (χ4v) is 4.79. The molecule has 5 aromatic rings. The lowest BCUT2D eigenvalue weighted by molar-refractivity contribution is -0.113. The van der Waals surface area contributed by atoms with Crippen LogP contribution in [-0.2, 0) is 4.79 Å². The van der Waals surface area contributed by atoms with Gasteiger partial charge in [0.2, 0.25) is 5.91 Å². The lowest BCUT2D eigenvalue weighted by atomic mass is 10.1. The van der Waals surface area contributed by atoms with Crippen molar-refractivity contribution in [2.45, 2.75) is 19.0 Å². The van der Waals surface area contributed by atoms with E-state index in [9.17, 15) is 9.59 Å². The number of fused-ring (bicyclic) bond motifs is 3. The zero-order valence-electron chi connectivity index (χ0n) is 19.6. The average Bonchev–Trinajstić information content (AvgIpc) is 3.24. The molecule has 0 aliphatic heterocycles. The van der Waals surface area contributed by atoms with Crippen LogP contribution in [0.3, 0.4) is 0 Å². The van der Waals surface area contributed by atoms with Gasteiger partial charge in [-0.05, 0) is 61.4 Å². The van der Waals surface area contributed by atoms with E-state index < -0.39 is 0 Å². The number of methoxy groups -OCH3 is 1. The van der Waals surface area contributed by atoms with Crippen LogP contribution < -0.4 is 15.6 Å². The Kier molecular flexibility index (Phi) is 6.05. The summed E-state index contributed by atoms with van der Waals surface area (Å²) in [6.45, 7) is 3.94. The Morgan fingerprint density at radius 3 is 2.63 bits per heavy atom. The molecule has 7 nitrogen and oxygen atoms in total. The lowest BCUT2D eigenvalue weighted by Gasteiger charge is -2.13. The second kappa shape index (κ2) is 9.31. The highest BCUT2D eigenvalue weighted by Crippen LogP contribution is 2.27. The molecule has 0 bridgehead atoms. The van der Waals surface area contributed by atoms with Crippen LogP contribution in [0, 0.1) is 13.8 Å². The number of benzene rings is 3. The minimum Gasteiger partial charge on any atom is -0.497 e. The van der Waals surface area contributed by atoms with Crippen LogP contribution in [0.4, 0.5) is 5.69 Å². The molecule has 1 amide bonds. The summed E-state index contributed by atoms with van der Waals surface area (Å²) in [6.07, 6.45) is 0. The number of aryl methyl sites for hydroxylation is 2. The van der Waals surface area contributed by atoms with Gasteiger partial charge in [-0.25, -0.2) is 4.98 Å². The average molecular weight is 485 g/mol. The molecule has 0 saturated heterocycles. The van der Waals surface area contributed by atoms with Gasteiger partial charge in [0, 0.05) is 16.6 Å². The first-order chi connectivity index (χ1) is 16.9. The van der Waals surface area contributed by atoms with Crippen LogP contribution in [0.2, 0.25) is 0 Å². The summed E-state index contributed by atoms with van der Waals surface area (Å²) in [5, 5.41) is 4.28. The highest BCUT2D eigenvalue weighted by Gasteiger charge is 2.18. The lowest BCUT2D eigenvalue weighted by Crippen LogP contribution is -2.23. The number of aromatic nitrogens is 3. The number of H-pyrrole nitrogens is 1. The monoisotopic (exact) mass is 484 g/mol. The minimum atomic E-state index is -0.228. The number of anilines is 1. The van der Waals surface area contributed by atoms with Gasteiger partial charge in [0.1, 0.15) is 16.8 Å². The number of thioether (sulfide) groups is 1. The Balaban J connectivity index is 1.55. The molecule has 35 heavy (non-hydrogen) atoms. The maximum absolute atomic E-state index is 13.6. The highest BCUT2D eigenvalue weighted by atomic mass is 32.2. The zero-order valence-corrected chi connectivity index (χ0v) is 20.4. The van der Waals surface area contributed by atoms with Crippen molar-refractivity contribution in [1.29, 1.82) is 0 Å². The maximum Gasteiger partial charge on any atom is 0.283 e. The number of nitrogens with zero attached hydrogens (tertiary/aromatic N) is 2. The van der Waals surface area contributed by atoms with Crippen molar-refractivity contribution in [1.82, 2.24) is 14.5 Å². The Hall–Kier alpha value is -4.04. The second-order valence-corrected chi connectivity index (χ2v) is 9.22. The molecule has 3 aromatic carbocycles. The van der Waals surface area contributed by atoms with Crippen molar-refractivity contribution in [3.63, 3.8) is 0 Å². The molecule has 0 saturated carbocycles. The molecule has 0 spiro atoms. The van der Waals surface area contributed by atoms with Gasteiger partial charge in [0.15, 0.2) is 5.16 Å². The van der Waals surface area contributed by atoms with Crippen LogP contribution in [0.1, 0.15) is 11.1 Å². The number of para-hydroxylation sites is 1. The smallest absolute Gasteiger partial charge is 0.283 e. The van der Waals surface area contributed by atoms with Gasteiger partial charge in [0.25, 0.3) is 5.56 Å². The number of amides is 1. The summed E-state index contributed by atoms with van der Waals surface area (Å²) in [4.78, 5) is 34.5. The molecule has 0 fully saturated rings. The number of aromatic amines is 1. The number of carbonyl (C=O) groups is 1. The first kappa shape index (κ1) is 22.7. The van der Waals surface area contributed by atoms with Gasteiger partial charge < -0.3 is 15.0 Å². The molecule has 0 radical (unpaired) electrons. The van der Waals surface area contributed by atoms with Crippen molar-refractivity contribution in [3.05, 3.63) is 88.2 Å². The summed E-state index contributed by atoms with van der Waals surface area (Å²) in [7, 11) is 1.59. The molecule has 0 unspecified atom stereocenters. The van der Waals surface area contributed by atoms with E-state index in [0.717, 1.165) is 27.7 Å². The number of hydrogen-bond donors (Lipinski definition) is 2. The largest absolute Gasteiger partial charge is 0.497 e. The zero-order chi connectivity index (χ0) is 24.5. The maximum atomic E-state index is 13.6. The first-order valence-electron chi connectivity index (χ1n) is 11.1. The van der Waals surface area contributed by atoms with Gasteiger partial charge in [-0.3, -0.25) is 14.2 Å². The van der Waals surface area contributed by atoms with Crippen LogP contribution in [0.15, 0.2) is 76.7 Å². The quantitative estimate of drug-likeness (QED) is 0.255. The molecule has 2 heterocycles. The Morgan fingerprint density at radius 2 is 1.86 bits per heavy atom. The summed E-state index contributed by atoms with van der Waals surface area (Å²) in [6, 6.07) is 20.8. The molecule has 5 rings (SSSR count). The topological polar surface area (TPSA) is 89.0 Å². The summed E-state index contributed by atoms with van der Waals surface area (Å²) >= 11 is 1.22. The molecule has 0 atom stereocenters. The van der Waals surface area contributed by atoms with E-state index in [-0.39, 0.29) is 17.2 Å². The number of carbonyl (C=O) groups excluding carboxylic acids is 1.